The van der Waals surface area contributed by atoms with Gasteiger partial charge in [-0.25, -0.2) is 0 Å². The van der Waals surface area contributed by atoms with E-state index in [1.165, 1.54) is 45.2 Å². The number of nitrogens with zero attached hydrogens (tertiary/aromatic N) is 3. The molecule has 0 radical (unpaired) electrons. The predicted molar refractivity (Wildman–Crippen MR) is 110 cm³/mol. The van der Waals surface area contributed by atoms with Crippen molar-refractivity contribution >= 4 is 29.9 Å². The molecule has 1 heterocycles. The lowest BCUT2D eigenvalue weighted by molar-refractivity contribution is 0.115. The van der Waals surface area contributed by atoms with Crippen LogP contribution >= 0.6 is 24.0 Å². The van der Waals surface area contributed by atoms with E-state index < -0.39 is 0 Å². The maximum atomic E-state index is 5.75. The van der Waals surface area contributed by atoms with Gasteiger partial charge in [-0.1, -0.05) is 0 Å². The third-order valence-electron chi connectivity index (χ3n) is 5.20. The van der Waals surface area contributed by atoms with Gasteiger partial charge in [0, 0.05) is 45.9 Å². The van der Waals surface area contributed by atoms with Gasteiger partial charge in [-0.15, -0.1) is 24.0 Å². The van der Waals surface area contributed by atoms with Crippen molar-refractivity contribution in [3.63, 3.8) is 0 Å². The fraction of sp³-hybridized carbons (Fsp3) is 0.944. The molecule has 1 atom stereocenters. The highest BCUT2D eigenvalue weighted by atomic mass is 127. The fourth-order valence-corrected chi connectivity index (χ4v) is 3.31. The molecule has 1 aliphatic heterocycles. The van der Waals surface area contributed by atoms with Crippen LogP contribution in [0, 0.1) is 11.8 Å². The standard InChI is InChI=1S/C18H34N4O.HI/c1-3-19-18(21(2)10-11-23-14-15-4-5-15)20-12-16-8-9-22(13-16)17-6-7-17;/h15-17H,3-14H2,1-2H3,(H,19,20);1H. The Balaban J connectivity index is 0.00000208. The highest BCUT2D eigenvalue weighted by molar-refractivity contribution is 14.0. The second-order valence-electron chi connectivity index (χ2n) is 7.52. The first kappa shape index (κ1) is 20.2. The number of guanidine groups is 1. The summed E-state index contributed by atoms with van der Waals surface area (Å²) in [5.41, 5.74) is 0. The first-order chi connectivity index (χ1) is 11.3. The van der Waals surface area contributed by atoms with Gasteiger partial charge in [-0.2, -0.15) is 0 Å². The van der Waals surface area contributed by atoms with E-state index in [9.17, 15) is 0 Å². The molecule has 0 aromatic carbocycles. The van der Waals surface area contributed by atoms with Crippen LogP contribution in [0.3, 0.4) is 0 Å². The summed E-state index contributed by atoms with van der Waals surface area (Å²) in [5, 5.41) is 3.42. The van der Waals surface area contributed by atoms with E-state index in [1.807, 2.05) is 0 Å². The highest BCUT2D eigenvalue weighted by Gasteiger charge is 2.34. The summed E-state index contributed by atoms with van der Waals surface area (Å²) in [6, 6.07) is 0.906. The van der Waals surface area contributed by atoms with E-state index in [2.05, 4.69) is 29.1 Å². The molecule has 6 heteroatoms. The van der Waals surface area contributed by atoms with Crippen LogP contribution in [0.5, 0.6) is 0 Å². The minimum Gasteiger partial charge on any atom is -0.379 e. The molecule has 1 N–H and O–H groups in total. The Morgan fingerprint density at radius 1 is 1.21 bits per heavy atom. The van der Waals surface area contributed by atoms with Crippen LogP contribution in [-0.4, -0.2) is 74.8 Å². The molecule has 1 saturated heterocycles. The lowest BCUT2D eigenvalue weighted by Gasteiger charge is -2.22. The van der Waals surface area contributed by atoms with Gasteiger partial charge < -0.3 is 19.9 Å². The van der Waals surface area contributed by atoms with Crippen LogP contribution < -0.4 is 5.32 Å². The van der Waals surface area contributed by atoms with Crippen molar-refractivity contribution in [1.29, 1.82) is 0 Å². The lowest BCUT2D eigenvalue weighted by Crippen LogP contribution is -2.41. The zero-order chi connectivity index (χ0) is 16.1. The van der Waals surface area contributed by atoms with E-state index in [0.717, 1.165) is 56.7 Å². The lowest BCUT2D eigenvalue weighted by atomic mass is 10.1. The Morgan fingerprint density at radius 3 is 2.67 bits per heavy atom. The Kier molecular flexibility index (Phi) is 8.57. The second-order valence-corrected chi connectivity index (χ2v) is 7.52. The van der Waals surface area contributed by atoms with Gasteiger partial charge in [-0.3, -0.25) is 4.99 Å². The van der Waals surface area contributed by atoms with Gasteiger partial charge in [0.2, 0.25) is 0 Å². The molecule has 3 rings (SSSR count). The summed E-state index contributed by atoms with van der Waals surface area (Å²) in [4.78, 5) is 9.77. The number of hydrogen-bond donors (Lipinski definition) is 1. The average Bonchev–Trinajstić information content (AvgIpc) is 3.48. The number of aliphatic imine (C=N–C) groups is 1. The van der Waals surface area contributed by atoms with E-state index in [4.69, 9.17) is 9.73 Å². The maximum Gasteiger partial charge on any atom is 0.193 e. The van der Waals surface area contributed by atoms with Crippen molar-refractivity contribution in [3.05, 3.63) is 0 Å². The number of hydrogen-bond acceptors (Lipinski definition) is 3. The van der Waals surface area contributed by atoms with Crippen molar-refractivity contribution in [2.24, 2.45) is 16.8 Å². The molecule has 3 fully saturated rings. The summed E-state index contributed by atoms with van der Waals surface area (Å²) >= 11 is 0. The summed E-state index contributed by atoms with van der Waals surface area (Å²) in [7, 11) is 2.12. The molecule has 0 amide bonds. The van der Waals surface area contributed by atoms with Crippen molar-refractivity contribution < 1.29 is 4.74 Å². The molecular formula is C18H35IN4O. The number of nitrogens with one attached hydrogen (secondary N) is 1. The first-order valence-electron chi connectivity index (χ1n) is 9.57. The molecule has 5 nitrogen and oxygen atoms in total. The number of halogens is 1. The van der Waals surface area contributed by atoms with E-state index >= 15 is 0 Å². The molecule has 0 spiro atoms. The number of rotatable bonds is 9. The Bertz CT molecular complexity index is 398. The third kappa shape index (κ3) is 6.67. The van der Waals surface area contributed by atoms with Gasteiger partial charge >= 0.3 is 0 Å². The summed E-state index contributed by atoms with van der Waals surface area (Å²) in [5.74, 6) is 2.62. The van der Waals surface area contributed by atoms with Crippen LogP contribution in [0.4, 0.5) is 0 Å². The molecule has 0 aromatic heterocycles. The minimum absolute atomic E-state index is 0. The van der Waals surface area contributed by atoms with E-state index in [1.54, 1.807) is 0 Å². The molecular weight excluding hydrogens is 415 g/mol. The zero-order valence-corrected chi connectivity index (χ0v) is 17.7. The zero-order valence-electron chi connectivity index (χ0n) is 15.4. The largest absolute Gasteiger partial charge is 0.379 e. The molecule has 3 aliphatic rings. The fourth-order valence-electron chi connectivity index (χ4n) is 3.31. The van der Waals surface area contributed by atoms with Crippen molar-refractivity contribution in [2.75, 3.05) is 53.0 Å². The monoisotopic (exact) mass is 450 g/mol. The Morgan fingerprint density at radius 2 is 2.00 bits per heavy atom. The van der Waals surface area contributed by atoms with Crippen LogP contribution in [0.2, 0.25) is 0 Å². The molecule has 1 unspecified atom stereocenters. The SMILES string of the molecule is CCNC(=NCC1CCN(C2CC2)C1)N(C)CCOCC1CC1.I. The number of likely N-dealkylation sites (tertiary alicyclic amines) is 1. The van der Waals surface area contributed by atoms with Crippen molar-refractivity contribution in [2.45, 2.75) is 45.1 Å². The quantitative estimate of drug-likeness (QED) is 0.254. The molecule has 140 valence electrons. The number of likely N-dealkylation sites (N-methyl/N-ethyl adjacent to an activating group) is 1. The van der Waals surface area contributed by atoms with Crippen LogP contribution in [0.1, 0.15) is 39.0 Å². The van der Waals surface area contributed by atoms with Crippen LogP contribution in [0.15, 0.2) is 4.99 Å². The van der Waals surface area contributed by atoms with Crippen molar-refractivity contribution in [1.82, 2.24) is 15.1 Å². The molecule has 2 saturated carbocycles. The summed E-state index contributed by atoms with van der Waals surface area (Å²) in [6.07, 6.45) is 6.87. The molecule has 0 aromatic rings. The van der Waals surface area contributed by atoms with Gasteiger partial charge in [-0.05, 0) is 57.4 Å². The molecule has 0 bridgehead atoms. The summed E-state index contributed by atoms with van der Waals surface area (Å²) in [6.45, 7) is 9.21. The number of ether oxygens (including phenoxy) is 1. The summed E-state index contributed by atoms with van der Waals surface area (Å²) < 4.78 is 5.75. The smallest absolute Gasteiger partial charge is 0.193 e. The highest BCUT2D eigenvalue weighted by Crippen LogP contribution is 2.31. The normalized spacial score (nSPS) is 24.8. The molecule has 2 aliphatic carbocycles. The van der Waals surface area contributed by atoms with Gasteiger partial charge in [0.15, 0.2) is 5.96 Å². The van der Waals surface area contributed by atoms with Gasteiger partial charge in [0.05, 0.1) is 6.61 Å². The topological polar surface area (TPSA) is 40.1 Å². The van der Waals surface area contributed by atoms with E-state index in [-0.39, 0.29) is 24.0 Å². The Labute approximate surface area is 164 Å². The average molecular weight is 450 g/mol. The predicted octanol–water partition coefficient (Wildman–Crippen LogP) is 2.41. The van der Waals surface area contributed by atoms with E-state index in [0.29, 0.717) is 0 Å². The Hall–Kier alpha value is -0.0800. The third-order valence-corrected chi connectivity index (χ3v) is 5.20. The minimum atomic E-state index is 0. The van der Waals surface area contributed by atoms with Gasteiger partial charge in [0.1, 0.15) is 0 Å². The van der Waals surface area contributed by atoms with Gasteiger partial charge in [0.25, 0.3) is 0 Å². The van der Waals surface area contributed by atoms with Crippen LogP contribution in [0.25, 0.3) is 0 Å². The van der Waals surface area contributed by atoms with Crippen LogP contribution in [-0.2, 0) is 4.74 Å². The maximum absolute atomic E-state index is 5.75. The second kappa shape index (κ2) is 10.2. The molecule has 24 heavy (non-hydrogen) atoms. The first-order valence-corrected chi connectivity index (χ1v) is 9.57. The van der Waals surface area contributed by atoms with Crippen molar-refractivity contribution in [3.8, 4) is 0 Å².